The van der Waals surface area contributed by atoms with Gasteiger partial charge in [-0.2, -0.15) is 0 Å². The summed E-state index contributed by atoms with van der Waals surface area (Å²) in [6.45, 7) is 5.39. The third-order valence-electron chi connectivity index (χ3n) is 7.05. The number of nitrogens with one attached hydrogen (secondary N) is 1. The Morgan fingerprint density at radius 1 is 0.933 bits per heavy atom. The standard InChI is InChI=1S/C25H34N2O3/c1-16(2)23(28)22(18-6-4-3-5-7-18)26-24(29)19-10-8-17(9-11-19)21-14-27(15-21)25(30)20-12-13-20/h8-11,16,18,20-22H,3-7,12-15H2,1-2H3,(H,26,29)/t22-/m1/s1. The van der Waals surface area contributed by atoms with Crippen LogP contribution in [0.5, 0.6) is 0 Å². The van der Waals surface area contributed by atoms with E-state index >= 15 is 0 Å². The van der Waals surface area contributed by atoms with Crippen molar-refractivity contribution in [2.45, 2.75) is 70.8 Å². The lowest BCUT2D eigenvalue weighted by atomic mass is 9.80. The first kappa shape index (κ1) is 21.1. The summed E-state index contributed by atoms with van der Waals surface area (Å²) in [5, 5.41) is 3.06. The number of likely N-dealkylation sites (tertiary alicyclic amines) is 1. The van der Waals surface area contributed by atoms with E-state index in [1.54, 1.807) is 0 Å². The molecule has 1 atom stereocenters. The minimum Gasteiger partial charge on any atom is -0.342 e. The van der Waals surface area contributed by atoms with E-state index in [-0.39, 0.29) is 35.5 Å². The molecule has 1 saturated heterocycles. The van der Waals surface area contributed by atoms with Gasteiger partial charge in [0.05, 0.1) is 6.04 Å². The molecule has 2 aliphatic carbocycles. The number of amides is 2. The molecule has 1 aromatic rings. The number of hydrogen-bond acceptors (Lipinski definition) is 3. The minimum absolute atomic E-state index is 0.0838. The molecule has 1 aromatic carbocycles. The van der Waals surface area contributed by atoms with E-state index in [9.17, 15) is 14.4 Å². The van der Waals surface area contributed by atoms with E-state index < -0.39 is 0 Å². The number of ketones is 1. The molecule has 0 spiro atoms. The molecule has 0 unspecified atom stereocenters. The first-order valence-electron chi connectivity index (χ1n) is 11.7. The molecule has 0 bridgehead atoms. The van der Waals surface area contributed by atoms with Gasteiger partial charge in [-0.1, -0.05) is 45.2 Å². The second-order valence-corrected chi connectivity index (χ2v) is 9.74. The first-order chi connectivity index (χ1) is 14.4. The Kier molecular flexibility index (Phi) is 6.26. The van der Waals surface area contributed by atoms with Crippen molar-refractivity contribution in [3.05, 3.63) is 35.4 Å². The van der Waals surface area contributed by atoms with Crippen molar-refractivity contribution in [3.8, 4) is 0 Å². The van der Waals surface area contributed by atoms with Crippen molar-refractivity contribution in [2.75, 3.05) is 13.1 Å². The number of carbonyl (C=O) groups excluding carboxylic acids is 3. The summed E-state index contributed by atoms with van der Waals surface area (Å²) in [7, 11) is 0. The normalized spacial score (nSPS) is 21.2. The fourth-order valence-corrected chi connectivity index (χ4v) is 4.84. The Balaban J connectivity index is 1.36. The molecule has 162 valence electrons. The molecule has 1 N–H and O–H groups in total. The van der Waals surface area contributed by atoms with E-state index in [1.165, 1.54) is 12.0 Å². The number of rotatable bonds is 7. The van der Waals surface area contributed by atoms with Crippen LogP contribution in [0.3, 0.4) is 0 Å². The van der Waals surface area contributed by atoms with Gasteiger partial charge < -0.3 is 10.2 Å². The summed E-state index contributed by atoms with van der Waals surface area (Å²) in [5.74, 6) is 1.10. The van der Waals surface area contributed by atoms with Crippen LogP contribution in [-0.2, 0) is 9.59 Å². The van der Waals surface area contributed by atoms with Crippen molar-refractivity contribution in [3.63, 3.8) is 0 Å². The largest absolute Gasteiger partial charge is 0.342 e. The molecular formula is C25H34N2O3. The maximum absolute atomic E-state index is 12.9. The third kappa shape index (κ3) is 4.60. The fourth-order valence-electron chi connectivity index (χ4n) is 4.84. The van der Waals surface area contributed by atoms with Crippen LogP contribution in [0, 0.1) is 17.8 Å². The zero-order chi connectivity index (χ0) is 21.3. The molecule has 4 rings (SSSR count). The van der Waals surface area contributed by atoms with Gasteiger partial charge in [-0.25, -0.2) is 0 Å². The monoisotopic (exact) mass is 410 g/mol. The van der Waals surface area contributed by atoms with Crippen molar-refractivity contribution in [1.29, 1.82) is 0 Å². The quantitative estimate of drug-likeness (QED) is 0.741. The second kappa shape index (κ2) is 8.91. The van der Waals surface area contributed by atoms with Crippen LogP contribution in [0.4, 0.5) is 0 Å². The van der Waals surface area contributed by atoms with Gasteiger partial charge in [0.15, 0.2) is 5.78 Å². The highest BCUT2D eigenvalue weighted by Crippen LogP contribution is 2.36. The molecule has 0 aromatic heterocycles. The molecular weight excluding hydrogens is 376 g/mol. The Morgan fingerprint density at radius 2 is 1.57 bits per heavy atom. The summed E-state index contributed by atoms with van der Waals surface area (Å²) in [6.07, 6.45) is 7.62. The predicted octanol–water partition coefficient (Wildman–Crippen LogP) is 3.93. The molecule has 3 aliphatic rings. The van der Waals surface area contributed by atoms with Crippen LogP contribution in [0.1, 0.15) is 80.6 Å². The van der Waals surface area contributed by atoms with Gasteiger partial charge in [-0.05, 0) is 49.3 Å². The van der Waals surface area contributed by atoms with Gasteiger partial charge >= 0.3 is 0 Å². The number of Topliss-reactive ketones (excluding diaryl/α,β-unsaturated/α-hetero) is 1. The van der Waals surface area contributed by atoms with Gasteiger partial charge in [-0.15, -0.1) is 0 Å². The van der Waals surface area contributed by atoms with Gasteiger partial charge in [-0.3, -0.25) is 14.4 Å². The van der Waals surface area contributed by atoms with Crippen LogP contribution in [0.2, 0.25) is 0 Å². The van der Waals surface area contributed by atoms with Gasteiger partial charge in [0.2, 0.25) is 5.91 Å². The number of nitrogens with zero attached hydrogens (tertiary/aromatic N) is 1. The summed E-state index contributed by atoms with van der Waals surface area (Å²) >= 11 is 0. The maximum atomic E-state index is 12.9. The highest BCUT2D eigenvalue weighted by molar-refractivity contribution is 5.98. The Labute approximate surface area is 179 Å². The fraction of sp³-hybridized carbons (Fsp3) is 0.640. The van der Waals surface area contributed by atoms with Crippen molar-refractivity contribution in [2.24, 2.45) is 17.8 Å². The van der Waals surface area contributed by atoms with Crippen LogP contribution in [-0.4, -0.2) is 41.6 Å². The topological polar surface area (TPSA) is 66.5 Å². The third-order valence-corrected chi connectivity index (χ3v) is 7.05. The van der Waals surface area contributed by atoms with E-state index in [2.05, 4.69) is 5.32 Å². The Bertz CT molecular complexity index is 785. The second-order valence-electron chi connectivity index (χ2n) is 9.74. The van der Waals surface area contributed by atoms with Crippen LogP contribution >= 0.6 is 0 Å². The minimum atomic E-state index is -0.383. The summed E-state index contributed by atoms with van der Waals surface area (Å²) in [4.78, 5) is 39.7. The molecule has 2 amide bonds. The summed E-state index contributed by atoms with van der Waals surface area (Å²) in [6, 6.07) is 7.32. The molecule has 2 saturated carbocycles. The number of hydrogen-bond donors (Lipinski definition) is 1. The molecule has 0 radical (unpaired) electrons. The van der Waals surface area contributed by atoms with E-state index in [0.717, 1.165) is 51.6 Å². The molecule has 1 aliphatic heterocycles. The van der Waals surface area contributed by atoms with Crippen LogP contribution in [0.25, 0.3) is 0 Å². The van der Waals surface area contributed by atoms with Gasteiger partial charge in [0.1, 0.15) is 0 Å². The molecule has 3 fully saturated rings. The molecule has 30 heavy (non-hydrogen) atoms. The molecule has 1 heterocycles. The van der Waals surface area contributed by atoms with Crippen molar-refractivity contribution in [1.82, 2.24) is 10.2 Å². The number of benzene rings is 1. The van der Waals surface area contributed by atoms with E-state index in [1.807, 2.05) is 43.0 Å². The highest BCUT2D eigenvalue weighted by Gasteiger charge is 2.39. The average Bonchev–Trinajstić information content (AvgIpc) is 3.56. The van der Waals surface area contributed by atoms with Crippen LogP contribution in [0.15, 0.2) is 24.3 Å². The smallest absolute Gasteiger partial charge is 0.251 e. The predicted molar refractivity (Wildman–Crippen MR) is 116 cm³/mol. The molecule has 5 heteroatoms. The summed E-state index contributed by atoms with van der Waals surface area (Å²) in [5.41, 5.74) is 1.77. The van der Waals surface area contributed by atoms with Crippen LogP contribution < -0.4 is 5.32 Å². The van der Waals surface area contributed by atoms with E-state index in [0.29, 0.717) is 17.4 Å². The average molecular weight is 411 g/mol. The zero-order valence-corrected chi connectivity index (χ0v) is 18.2. The Hall–Kier alpha value is -2.17. The lowest BCUT2D eigenvalue weighted by Gasteiger charge is -2.39. The Morgan fingerprint density at radius 3 is 2.13 bits per heavy atom. The lowest BCUT2D eigenvalue weighted by Crippen LogP contribution is -2.49. The first-order valence-corrected chi connectivity index (χ1v) is 11.7. The maximum Gasteiger partial charge on any atom is 0.251 e. The van der Waals surface area contributed by atoms with Gasteiger partial charge in [0.25, 0.3) is 5.91 Å². The van der Waals surface area contributed by atoms with E-state index in [4.69, 9.17) is 0 Å². The van der Waals surface area contributed by atoms with Crippen molar-refractivity contribution >= 4 is 17.6 Å². The lowest BCUT2D eigenvalue weighted by molar-refractivity contribution is -0.137. The molecule has 5 nitrogen and oxygen atoms in total. The van der Waals surface area contributed by atoms with Gasteiger partial charge in [0, 0.05) is 36.4 Å². The summed E-state index contributed by atoms with van der Waals surface area (Å²) < 4.78 is 0. The highest BCUT2D eigenvalue weighted by atomic mass is 16.2. The zero-order valence-electron chi connectivity index (χ0n) is 18.2. The van der Waals surface area contributed by atoms with Crippen molar-refractivity contribution < 1.29 is 14.4 Å². The SMILES string of the molecule is CC(C)C(=O)[C@H](NC(=O)c1ccc(C2CN(C(=O)C3CC3)C2)cc1)C1CCCCC1. The number of carbonyl (C=O) groups is 3.